The predicted octanol–water partition coefficient (Wildman–Crippen LogP) is 9.81. The summed E-state index contributed by atoms with van der Waals surface area (Å²) >= 11 is 0. The third-order valence-electron chi connectivity index (χ3n) is 10.1. The Morgan fingerprint density at radius 3 is 1.31 bits per heavy atom. The topological polar surface area (TPSA) is 92.1 Å². The van der Waals surface area contributed by atoms with Gasteiger partial charge in [0.15, 0.2) is 5.65 Å². The Bertz CT molecular complexity index is 2720. The zero-order valence-corrected chi connectivity index (χ0v) is 29.9. The van der Waals surface area contributed by atoms with Crippen LogP contribution in [0.2, 0.25) is 0 Å². The lowest BCUT2D eigenvalue weighted by molar-refractivity contribution is 1.05. The third-order valence-corrected chi connectivity index (χ3v) is 10.1. The fraction of sp³-hybridized carbons (Fsp3) is 0.0667. The fourth-order valence-corrected chi connectivity index (χ4v) is 7.51. The maximum absolute atomic E-state index is 5.29. The zero-order chi connectivity index (χ0) is 36.3. The van der Waals surface area contributed by atoms with Crippen molar-refractivity contribution in [1.82, 2.24) is 43.6 Å². The summed E-state index contributed by atoms with van der Waals surface area (Å²) in [5.41, 5.74) is 14.3. The third kappa shape index (κ3) is 5.01. The molecule has 6 heterocycles. The van der Waals surface area contributed by atoms with Gasteiger partial charge in [-0.25, -0.2) is 19.9 Å². The monoisotopic (exact) mass is 699 g/mol. The molecule has 0 aliphatic carbocycles. The summed E-state index contributed by atoms with van der Waals surface area (Å²) in [5.74, 6) is 2.33. The number of fused-ring (bicyclic) bond motifs is 3. The molecule has 0 saturated heterocycles. The molecule has 10 aromatic rings. The van der Waals surface area contributed by atoms with Gasteiger partial charge in [-0.15, -0.1) is 0 Å². The molecule has 0 aliphatic heterocycles. The van der Waals surface area contributed by atoms with Gasteiger partial charge in [-0.1, -0.05) is 54.6 Å². The number of nitrogens with zero attached hydrogens (tertiary/aromatic N) is 9. The van der Waals surface area contributed by atoms with E-state index in [0.29, 0.717) is 0 Å². The van der Waals surface area contributed by atoms with Crippen molar-refractivity contribution >= 4 is 33.2 Å². The Hall–Kier alpha value is -7.26. The van der Waals surface area contributed by atoms with Gasteiger partial charge < -0.3 is 0 Å². The normalized spacial score (nSPS) is 11.6. The fourth-order valence-electron chi connectivity index (χ4n) is 7.51. The summed E-state index contributed by atoms with van der Waals surface area (Å²) in [6.45, 7) is 6.37. The van der Waals surface area contributed by atoms with Crippen molar-refractivity contribution in [3.8, 4) is 51.2 Å². The first kappa shape index (κ1) is 31.5. The second kappa shape index (κ2) is 12.5. The maximum atomic E-state index is 5.29. The zero-order valence-electron chi connectivity index (χ0n) is 29.9. The Labute approximate surface area is 310 Å². The first-order chi connectivity index (χ1) is 26.5. The Balaban J connectivity index is 1.33. The van der Waals surface area contributed by atoms with Gasteiger partial charge in [0.2, 0.25) is 0 Å². The van der Waals surface area contributed by atoms with E-state index in [2.05, 4.69) is 135 Å². The Morgan fingerprint density at radius 2 is 0.833 bits per heavy atom. The van der Waals surface area contributed by atoms with Crippen molar-refractivity contribution in [3.63, 3.8) is 0 Å². The van der Waals surface area contributed by atoms with Gasteiger partial charge in [0, 0.05) is 35.3 Å². The minimum atomic E-state index is 0.765. The van der Waals surface area contributed by atoms with Crippen LogP contribution in [0.25, 0.3) is 84.5 Å². The highest BCUT2D eigenvalue weighted by molar-refractivity contribution is 5.89. The van der Waals surface area contributed by atoms with Crippen molar-refractivity contribution in [2.45, 2.75) is 20.8 Å². The molecule has 0 aliphatic rings. The molecule has 0 atom stereocenters. The Kier molecular flexibility index (Phi) is 7.26. The molecular formula is C45H33N9. The van der Waals surface area contributed by atoms with Crippen molar-refractivity contribution in [1.29, 1.82) is 0 Å². The van der Waals surface area contributed by atoms with E-state index in [1.165, 1.54) is 0 Å². The first-order valence-corrected chi connectivity index (χ1v) is 17.9. The van der Waals surface area contributed by atoms with E-state index < -0.39 is 0 Å². The molecule has 0 N–H and O–H groups in total. The number of hydrogen-bond donors (Lipinski definition) is 0. The molecule has 258 valence electrons. The molecule has 9 heteroatoms. The first-order valence-electron chi connectivity index (χ1n) is 17.9. The number of hydrogen-bond acceptors (Lipinski definition) is 6. The van der Waals surface area contributed by atoms with Crippen LogP contribution >= 0.6 is 0 Å². The second-order valence-electron chi connectivity index (χ2n) is 13.5. The molecule has 0 saturated carbocycles. The van der Waals surface area contributed by atoms with E-state index >= 15 is 0 Å². The molecule has 0 radical (unpaired) electrons. The highest BCUT2D eigenvalue weighted by atomic mass is 15.1. The number of rotatable bonds is 6. The summed E-state index contributed by atoms with van der Waals surface area (Å²) in [4.78, 5) is 29.7. The van der Waals surface area contributed by atoms with Gasteiger partial charge in [0.05, 0.1) is 51.5 Å². The van der Waals surface area contributed by atoms with E-state index in [9.17, 15) is 0 Å². The average molecular weight is 700 g/mol. The molecule has 0 amide bonds. The van der Waals surface area contributed by atoms with Gasteiger partial charge in [-0.3, -0.25) is 23.7 Å². The number of para-hydroxylation sites is 3. The van der Waals surface area contributed by atoms with Crippen molar-refractivity contribution in [2.75, 3.05) is 0 Å². The van der Waals surface area contributed by atoms with Gasteiger partial charge >= 0.3 is 0 Å². The molecule has 0 spiro atoms. The van der Waals surface area contributed by atoms with E-state index in [4.69, 9.17) is 19.9 Å². The molecule has 0 fully saturated rings. The summed E-state index contributed by atoms with van der Waals surface area (Å²) < 4.78 is 6.58. The van der Waals surface area contributed by atoms with Crippen LogP contribution in [0.3, 0.4) is 0 Å². The van der Waals surface area contributed by atoms with E-state index in [1.807, 2.05) is 42.9 Å². The lowest BCUT2D eigenvalue weighted by Crippen LogP contribution is -2.04. The molecule has 6 aromatic heterocycles. The van der Waals surface area contributed by atoms with Crippen LogP contribution in [-0.2, 0) is 0 Å². The van der Waals surface area contributed by atoms with Crippen LogP contribution in [0, 0.1) is 20.8 Å². The molecule has 54 heavy (non-hydrogen) atoms. The van der Waals surface area contributed by atoms with E-state index in [-0.39, 0.29) is 0 Å². The standard InChI is InChI=1S/C45H33N9/c1-28-11-4-7-15-37(28)52-40-26-46-21-18-34(40)49-42(52)31-23-32(43-50-35-19-22-47-27-41(35)53(43)38-16-8-5-12-29(38)2)25-33(24-31)44-51-36-14-10-20-48-45(36)54(44)39-17-9-6-13-30(39)3/h4-27H,1-3H3. The van der Waals surface area contributed by atoms with Crippen LogP contribution in [0.1, 0.15) is 16.7 Å². The lowest BCUT2D eigenvalue weighted by Gasteiger charge is -2.17. The number of aromatic nitrogens is 9. The number of aryl methyl sites for hydroxylation is 3. The minimum Gasteiger partial charge on any atom is -0.291 e. The maximum Gasteiger partial charge on any atom is 0.164 e. The van der Waals surface area contributed by atoms with Crippen LogP contribution < -0.4 is 0 Å². The molecule has 9 nitrogen and oxygen atoms in total. The average Bonchev–Trinajstić information content (AvgIpc) is 3.91. The largest absolute Gasteiger partial charge is 0.291 e. The highest BCUT2D eigenvalue weighted by Gasteiger charge is 2.24. The molecule has 0 unspecified atom stereocenters. The SMILES string of the molecule is Cc1ccccc1-n1c(-c2cc(-c3nc4ccncc4n3-c3ccccc3C)cc(-c3nc4cccnc4n3-c3ccccc3C)c2)nc2ccncc21. The van der Waals surface area contributed by atoms with Crippen LogP contribution in [0.15, 0.2) is 146 Å². The van der Waals surface area contributed by atoms with E-state index in [0.717, 1.165) is 101 Å². The Morgan fingerprint density at radius 1 is 0.407 bits per heavy atom. The van der Waals surface area contributed by atoms with Gasteiger partial charge in [0.1, 0.15) is 23.0 Å². The van der Waals surface area contributed by atoms with Crippen molar-refractivity contribution in [2.24, 2.45) is 0 Å². The number of benzene rings is 4. The van der Waals surface area contributed by atoms with Crippen molar-refractivity contribution in [3.05, 3.63) is 163 Å². The minimum absolute atomic E-state index is 0.765. The smallest absolute Gasteiger partial charge is 0.164 e. The van der Waals surface area contributed by atoms with Gasteiger partial charge in [-0.05, 0) is 98.1 Å². The van der Waals surface area contributed by atoms with Gasteiger partial charge in [0.25, 0.3) is 0 Å². The quantitative estimate of drug-likeness (QED) is 0.172. The second-order valence-corrected chi connectivity index (χ2v) is 13.5. The highest BCUT2D eigenvalue weighted by Crippen LogP contribution is 2.39. The van der Waals surface area contributed by atoms with Gasteiger partial charge in [-0.2, -0.15) is 0 Å². The summed E-state index contributed by atoms with van der Waals surface area (Å²) in [6, 6.07) is 39.5. The predicted molar refractivity (Wildman–Crippen MR) is 214 cm³/mol. The van der Waals surface area contributed by atoms with Crippen LogP contribution in [0.5, 0.6) is 0 Å². The van der Waals surface area contributed by atoms with Crippen molar-refractivity contribution < 1.29 is 0 Å². The summed E-state index contributed by atoms with van der Waals surface area (Å²) in [6.07, 6.45) is 9.17. The summed E-state index contributed by atoms with van der Waals surface area (Å²) in [5, 5.41) is 0. The molecular weight excluding hydrogens is 667 g/mol. The lowest BCUT2D eigenvalue weighted by atomic mass is 10.0. The molecule has 4 aromatic carbocycles. The van der Waals surface area contributed by atoms with Crippen LogP contribution in [-0.4, -0.2) is 43.6 Å². The molecule has 0 bridgehead atoms. The van der Waals surface area contributed by atoms with E-state index in [1.54, 1.807) is 12.4 Å². The number of pyridine rings is 3. The number of imidazole rings is 3. The van der Waals surface area contributed by atoms with Crippen LogP contribution in [0.4, 0.5) is 0 Å². The molecule has 10 rings (SSSR count). The summed E-state index contributed by atoms with van der Waals surface area (Å²) in [7, 11) is 0.